The molecule has 0 bridgehead atoms. The minimum atomic E-state index is -0.205. The van der Waals surface area contributed by atoms with Crippen LogP contribution in [0, 0.1) is 0 Å². The van der Waals surface area contributed by atoms with E-state index in [1.54, 1.807) is 0 Å². The highest BCUT2D eigenvalue weighted by molar-refractivity contribution is 6.10. The Morgan fingerprint density at radius 1 is 0.528 bits per heavy atom. The largest absolute Gasteiger partial charge is 0.311 e. The van der Waals surface area contributed by atoms with Crippen molar-refractivity contribution in [1.29, 1.82) is 0 Å². The van der Waals surface area contributed by atoms with Crippen LogP contribution in [-0.4, -0.2) is 4.57 Å². The summed E-state index contributed by atoms with van der Waals surface area (Å²) in [4.78, 5) is 2.27. The standard InChI is InChI=1S/C51H40N2/c1-5-15-39(6-2)52(41-26-22-36(23-27-41)35-16-9-7-10-17-35)42-28-30-44-43-29-24-38(33-47(43)51(3,4)48(44)34-42)37-25-31-50-46(32-37)45-20-13-14-21-49(45)53(50)40-18-11-8-12-19-40/h5-34H,1-2H2,3-4H3/b39-15+. The average molecular weight is 681 g/mol. The van der Waals surface area contributed by atoms with E-state index in [0.717, 1.165) is 17.1 Å². The molecule has 2 heteroatoms. The van der Waals surface area contributed by atoms with Gasteiger partial charge >= 0.3 is 0 Å². The van der Waals surface area contributed by atoms with Crippen LogP contribution >= 0.6 is 0 Å². The zero-order valence-electron chi connectivity index (χ0n) is 30.1. The molecule has 1 aliphatic rings. The van der Waals surface area contributed by atoms with Crippen molar-refractivity contribution in [1.82, 2.24) is 4.57 Å². The number of anilines is 2. The Morgan fingerprint density at radius 3 is 1.83 bits per heavy atom. The van der Waals surface area contributed by atoms with Gasteiger partial charge in [0, 0.05) is 38.9 Å². The number of hydrogen-bond acceptors (Lipinski definition) is 1. The number of para-hydroxylation sites is 2. The molecule has 7 aromatic carbocycles. The smallest absolute Gasteiger partial charge is 0.0541 e. The lowest BCUT2D eigenvalue weighted by Gasteiger charge is -2.29. The monoisotopic (exact) mass is 680 g/mol. The Hall–Kier alpha value is -6.64. The number of rotatable bonds is 8. The molecule has 1 aliphatic carbocycles. The van der Waals surface area contributed by atoms with Gasteiger partial charge in [-0.05, 0) is 117 Å². The average Bonchev–Trinajstić information content (AvgIpc) is 3.66. The number of fused-ring (bicyclic) bond motifs is 6. The summed E-state index contributed by atoms with van der Waals surface area (Å²) in [6.45, 7) is 12.9. The summed E-state index contributed by atoms with van der Waals surface area (Å²) in [6.07, 6.45) is 5.75. The third-order valence-corrected chi connectivity index (χ3v) is 10.9. The van der Waals surface area contributed by atoms with Crippen LogP contribution in [0.3, 0.4) is 0 Å². The fourth-order valence-corrected chi connectivity index (χ4v) is 8.29. The van der Waals surface area contributed by atoms with Gasteiger partial charge in [0.05, 0.1) is 11.0 Å². The first-order valence-corrected chi connectivity index (χ1v) is 18.3. The molecular weight excluding hydrogens is 641 g/mol. The van der Waals surface area contributed by atoms with E-state index >= 15 is 0 Å². The predicted octanol–water partition coefficient (Wildman–Crippen LogP) is 13.8. The molecule has 53 heavy (non-hydrogen) atoms. The summed E-state index contributed by atoms with van der Waals surface area (Å²) in [7, 11) is 0. The number of benzene rings is 7. The molecule has 0 amide bonds. The van der Waals surface area contributed by atoms with Gasteiger partial charge in [0.1, 0.15) is 0 Å². The first kappa shape index (κ1) is 32.3. The van der Waals surface area contributed by atoms with Crippen LogP contribution < -0.4 is 4.90 Å². The second kappa shape index (κ2) is 12.8. The molecule has 0 aliphatic heterocycles. The van der Waals surface area contributed by atoms with E-state index in [1.165, 1.54) is 72.0 Å². The Bertz CT molecular complexity index is 2710. The number of allylic oxidation sites excluding steroid dienone is 3. The molecule has 254 valence electrons. The van der Waals surface area contributed by atoms with Crippen LogP contribution in [0.2, 0.25) is 0 Å². The molecule has 0 atom stereocenters. The predicted molar refractivity (Wildman–Crippen MR) is 226 cm³/mol. The third-order valence-electron chi connectivity index (χ3n) is 10.9. The van der Waals surface area contributed by atoms with Gasteiger partial charge < -0.3 is 9.47 Å². The Balaban J connectivity index is 1.11. The summed E-state index contributed by atoms with van der Waals surface area (Å²) >= 11 is 0. The maximum Gasteiger partial charge on any atom is 0.0541 e. The first-order chi connectivity index (χ1) is 26.0. The van der Waals surface area contributed by atoms with Gasteiger partial charge in [0.25, 0.3) is 0 Å². The highest BCUT2D eigenvalue weighted by Gasteiger charge is 2.36. The minimum absolute atomic E-state index is 0.205. The van der Waals surface area contributed by atoms with Crippen LogP contribution in [0.1, 0.15) is 25.0 Å². The van der Waals surface area contributed by atoms with Crippen molar-refractivity contribution in [2.75, 3.05) is 4.90 Å². The van der Waals surface area contributed by atoms with Gasteiger partial charge in [-0.15, -0.1) is 0 Å². The molecule has 0 saturated heterocycles. The normalized spacial score (nSPS) is 13.1. The van der Waals surface area contributed by atoms with Gasteiger partial charge in [0.2, 0.25) is 0 Å². The van der Waals surface area contributed by atoms with Gasteiger partial charge in [-0.1, -0.05) is 136 Å². The molecule has 0 saturated carbocycles. The molecule has 1 aromatic heterocycles. The summed E-state index contributed by atoms with van der Waals surface area (Å²) in [6, 6.07) is 59.5. The van der Waals surface area contributed by atoms with Crippen molar-refractivity contribution in [2.45, 2.75) is 19.3 Å². The first-order valence-electron chi connectivity index (χ1n) is 18.3. The van der Waals surface area contributed by atoms with Crippen LogP contribution in [0.5, 0.6) is 0 Å². The van der Waals surface area contributed by atoms with Crippen molar-refractivity contribution >= 4 is 33.2 Å². The summed E-state index contributed by atoms with van der Waals surface area (Å²) in [5.74, 6) is 0. The van der Waals surface area contributed by atoms with E-state index in [4.69, 9.17) is 0 Å². The number of aromatic nitrogens is 1. The van der Waals surface area contributed by atoms with Crippen LogP contribution in [0.4, 0.5) is 11.4 Å². The van der Waals surface area contributed by atoms with Crippen LogP contribution in [0.25, 0.3) is 60.9 Å². The lowest BCUT2D eigenvalue weighted by molar-refractivity contribution is 0.660. The van der Waals surface area contributed by atoms with Crippen molar-refractivity contribution in [2.24, 2.45) is 0 Å². The lowest BCUT2D eigenvalue weighted by atomic mass is 9.81. The fraction of sp³-hybridized carbons (Fsp3) is 0.0588. The van der Waals surface area contributed by atoms with Gasteiger partial charge in [-0.2, -0.15) is 0 Å². The Labute approximate surface area is 311 Å². The lowest BCUT2D eigenvalue weighted by Crippen LogP contribution is -2.18. The molecule has 8 aromatic rings. The van der Waals surface area contributed by atoms with Crippen molar-refractivity contribution < 1.29 is 0 Å². The Morgan fingerprint density at radius 2 is 1.09 bits per heavy atom. The van der Waals surface area contributed by atoms with E-state index in [0.29, 0.717) is 0 Å². The molecule has 0 radical (unpaired) electrons. The van der Waals surface area contributed by atoms with Gasteiger partial charge in [0.15, 0.2) is 0 Å². The number of hydrogen-bond donors (Lipinski definition) is 0. The Kier molecular flexibility index (Phi) is 7.82. The van der Waals surface area contributed by atoms with Crippen molar-refractivity contribution in [3.63, 3.8) is 0 Å². The van der Waals surface area contributed by atoms with Crippen LogP contribution in [0.15, 0.2) is 201 Å². The van der Waals surface area contributed by atoms with Crippen molar-refractivity contribution in [3.8, 4) is 39.1 Å². The molecule has 2 nitrogen and oxygen atoms in total. The third kappa shape index (κ3) is 5.34. The fourth-order valence-electron chi connectivity index (χ4n) is 8.29. The quantitative estimate of drug-likeness (QED) is 0.145. The zero-order chi connectivity index (χ0) is 36.1. The highest BCUT2D eigenvalue weighted by atomic mass is 15.1. The molecular formula is C51H40N2. The summed E-state index contributed by atoms with van der Waals surface area (Å²) in [5.41, 5.74) is 16.6. The van der Waals surface area contributed by atoms with Crippen molar-refractivity contribution in [3.05, 3.63) is 212 Å². The van der Waals surface area contributed by atoms with Gasteiger partial charge in [-0.25, -0.2) is 0 Å². The van der Waals surface area contributed by atoms with E-state index in [9.17, 15) is 0 Å². The maximum atomic E-state index is 4.18. The molecule has 1 heterocycles. The number of nitrogens with zero attached hydrogens (tertiary/aromatic N) is 2. The molecule has 0 N–H and O–H groups in total. The molecule has 0 unspecified atom stereocenters. The topological polar surface area (TPSA) is 8.17 Å². The highest BCUT2D eigenvalue weighted by Crippen LogP contribution is 2.51. The maximum absolute atomic E-state index is 4.18. The molecule has 0 spiro atoms. The van der Waals surface area contributed by atoms with Gasteiger partial charge in [-0.3, -0.25) is 0 Å². The van der Waals surface area contributed by atoms with Crippen LogP contribution in [-0.2, 0) is 5.41 Å². The summed E-state index contributed by atoms with van der Waals surface area (Å²) < 4.78 is 2.37. The minimum Gasteiger partial charge on any atom is -0.311 e. The van der Waals surface area contributed by atoms with E-state index < -0.39 is 0 Å². The second-order valence-electron chi connectivity index (χ2n) is 14.3. The molecule has 0 fully saturated rings. The second-order valence-corrected chi connectivity index (χ2v) is 14.3. The van der Waals surface area contributed by atoms with E-state index in [1.807, 2.05) is 18.2 Å². The summed E-state index contributed by atoms with van der Waals surface area (Å²) in [5, 5.41) is 2.52. The molecule has 9 rings (SSSR count). The van der Waals surface area contributed by atoms with E-state index in [-0.39, 0.29) is 5.41 Å². The SMILES string of the molecule is C=C/C=C(\C=C)N(c1ccc(-c2ccccc2)cc1)c1ccc2c(c1)C(C)(C)c1cc(-c3ccc4c(c3)c3ccccc3n4-c3ccccc3)ccc1-2. The zero-order valence-corrected chi connectivity index (χ0v) is 30.1. The van der Waals surface area contributed by atoms with E-state index in [2.05, 4.69) is 200 Å².